The van der Waals surface area contributed by atoms with E-state index in [1.165, 1.54) is 4.31 Å². The summed E-state index contributed by atoms with van der Waals surface area (Å²) in [5.41, 5.74) is -1.16. The summed E-state index contributed by atoms with van der Waals surface area (Å²) < 4.78 is 27.2. The van der Waals surface area contributed by atoms with Gasteiger partial charge in [-0.15, -0.1) is 6.58 Å². The fourth-order valence-electron chi connectivity index (χ4n) is 2.37. The van der Waals surface area contributed by atoms with E-state index < -0.39 is 21.7 Å². The van der Waals surface area contributed by atoms with Crippen LogP contribution in [0.1, 0.15) is 19.3 Å². The van der Waals surface area contributed by atoms with Crippen LogP contribution in [-0.2, 0) is 19.8 Å². The van der Waals surface area contributed by atoms with Crippen molar-refractivity contribution in [2.75, 3.05) is 13.1 Å². The lowest BCUT2D eigenvalue weighted by Gasteiger charge is -2.20. The first-order valence-corrected chi connectivity index (χ1v) is 7.56. The Kier molecular flexibility index (Phi) is 3.64. The molecule has 2 aliphatic rings. The molecular weight excluding hydrogens is 270 g/mol. The fraction of sp³-hybridized carbons (Fsp3) is 0.636. The summed E-state index contributed by atoms with van der Waals surface area (Å²) in [6.45, 7) is 4.40. The highest BCUT2D eigenvalue weighted by Gasteiger charge is 2.59. The largest absolute Gasteiger partial charge is 0.344 e. The normalized spacial score (nSPS) is 30.6. The van der Waals surface area contributed by atoms with E-state index in [0.717, 1.165) is 12.8 Å². The molecule has 1 aliphatic carbocycles. The smallest absolute Gasteiger partial charge is 0.303 e. The molecule has 0 aromatic rings. The number of nitrogens with zero attached hydrogens (tertiary/aromatic N) is 1. The van der Waals surface area contributed by atoms with Crippen LogP contribution in [0.3, 0.4) is 0 Å². The average Bonchev–Trinajstić information content (AvgIpc) is 2.82. The van der Waals surface area contributed by atoms with Crippen LogP contribution in [0, 0.1) is 5.92 Å². The minimum atomic E-state index is -3.81. The van der Waals surface area contributed by atoms with Crippen molar-refractivity contribution in [3.8, 4) is 0 Å². The van der Waals surface area contributed by atoms with Crippen molar-refractivity contribution in [3.63, 3.8) is 0 Å². The van der Waals surface area contributed by atoms with E-state index in [4.69, 9.17) is 0 Å². The fourth-order valence-corrected chi connectivity index (χ4v) is 3.66. The first kappa shape index (κ1) is 14.0. The Balaban J connectivity index is 2.08. The number of rotatable bonds is 6. The summed E-state index contributed by atoms with van der Waals surface area (Å²) in [5.74, 6) is -0.928. The van der Waals surface area contributed by atoms with Gasteiger partial charge >= 0.3 is 10.2 Å². The molecular formula is C11H17N3O4S. The highest BCUT2D eigenvalue weighted by molar-refractivity contribution is 7.87. The molecule has 19 heavy (non-hydrogen) atoms. The zero-order valence-electron chi connectivity index (χ0n) is 10.5. The molecule has 2 fully saturated rings. The van der Waals surface area contributed by atoms with Gasteiger partial charge in [0.05, 0.1) is 0 Å². The first-order valence-electron chi connectivity index (χ1n) is 6.12. The maximum Gasteiger partial charge on any atom is 0.303 e. The number of amides is 2. The summed E-state index contributed by atoms with van der Waals surface area (Å²) in [4.78, 5) is 22.6. The van der Waals surface area contributed by atoms with Crippen LogP contribution in [0.5, 0.6) is 0 Å². The Bertz CT molecular complexity index is 498. The third kappa shape index (κ3) is 2.50. The van der Waals surface area contributed by atoms with Crippen molar-refractivity contribution in [3.05, 3.63) is 12.7 Å². The molecule has 2 rings (SSSR count). The van der Waals surface area contributed by atoms with Crippen LogP contribution < -0.4 is 10.0 Å². The number of carbonyl (C=O) groups is 2. The molecule has 0 radical (unpaired) electrons. The minimum absolute atomic E-state index is 0.230. The molecule has 106 valence electrons. The zero-order chi connectivity index (χ0) is 14.1. The van der Waals surface area contributed by atoms with E-state index >= 15 is 0 Å². The zero-order valence-corrected chi connectivity index (χ0v) is 11.3. The SMILES string of the molecule is C=C[C@@H]1C[C@]1(NC=O)C(=O)NS(=O)(=O)N1CCCC1. The highest BCUT2D eigenvalue weighted by Crippen LogP contribution is 2.44. The van der Waals surface area contributed by atoms with Crippen LogP contribution in [0.2, 0.25) is 0 Å². The molecule has 8 heteroatoms. The molecule has 0 aromatic heterocycles. The Hall–Kier alpha value is -1.41. The molecule has 1 heterocycles. The van der Waals surface area contributed by atoms with Crippen LogP contribution in [0.4, 0.5) is 0 Å². The van der Waals surface area contributed by atoms with Crippen molar-refractivity contribution in [2.45, 2.75) is 24.8 Å². The Morgan fingerprint density at radius 1 is 1.37 bits per heavy atom. The van der Waals surface area contributed by atoms with Gasteiger partial charge in [-0.25, -0.2) is 4.72 Å². The molecule has 0 aromatic carbocycles. The Morgan fingerprint density at radius 2 is 2.00 bits per heavy atom. The Morgan fingerprint density at radius 3 is 2.47 bits per heavy atom. The lowest BCUT2D eigenvalue weighted by Crippen LogP contribution is -2.52. The van der Waals surface area contributed by atoms with Gasteiger partial charge in [0.15, 0.2) is 0 Å². The molecule has 2 atom stereocenters. The summed E-state index contributed by atoms with van der Waals surface area (Å²) >= 11 is 0. The summed E-state index contributed by atoms with van der Waals surface area (Å²) in [6.07, 6.45) is 3.91. The topological polar surface area (TPSA) is 95.6 Å². The molecule has 0 bridgehead atoms. The van der Waals surface area contributed by atoms with E-state index in [1.807, 2.05) is 4.72 Å². The van der Waals surface area contributed by atoms with Gasteiger partial charge in [0.1, 0.15) is 5.54 Å². The van der Waals surface area contributed by atoms with Gasteiger partial charge in [-0.3, -0.25) is 9.59 Å². The van der Waals surface area contributed by atoms with Gasteiger partial charge in [0, 0.05) is 19.0 Å². The van der Waals surface area contributed by atoms with Crippen molar-refractivity contribution in [2.24, 2.45) is 5.92 Å². The van der Waals surface area contributed by atoms with E-state index in [1.54, 1.807) is 6.08 Å². The molecule has 7 nitrogen and oxygen atoms in total. The predicted octanol–water partition coefficient (Wildman–Crippen LogP) is -0.866. The van der Waals surface area contributed by atoms with Crippen molar-refractivity contribution in [1.82, 2.24) is 14.3 Å². The number of nitrogens with one attached hydrogen (secondary N) is 2. The van der Waals surface area contributed by atoms with E-state index in [0.29, 0.717) is 25.9 Å². The molecule has 0 unspecified atom stereocenters. The molecule has 2 N–H and O–H groups in total. The average molecular weight is 287 g/mol. The second kappa shape index (κ2) is 4.93. The van der Waals surface area contributed by atoms with Crippen LogP contribution in [0.15, 0.2) is 12.7 Å². The number of carbonyl (C=O) groups excluding carboxylic acids is 2. The highest BCUT2D eigenvalue weighted by atomic mass is 32.2. The van der Waals surface area contributed by atoms with Crippen LogP contribution >= 0.6 is 0 Å². The predicted molar refractivity (Wildman–Crippen MR) is 68.1 cm³/mol. The summed E-state index contributed by atoms with van der Waals surface area (Å²) in [5, 5.41) is 2.40. The van der Waals surface area contributed by atoms with Gasteiger partial charge in [0.2, 0.25) is 6.41 Å². The van der Waals surface area contributed by atoms with Crippen LogP contribution in [0.25, 0.3) is 0 Å². The van der Waals surface area contributed by atoms with Gasteiger partial charge in [0.25, 0.3) is 5.91 Å². The standard InChI is InChI=1S/C11H17N3O4S/c1-2-9-7-11(9,12-8-15)10(16)13-19(17,18)14-5-3-4-6-14/h2,8-9H,1,3-7H2,(H,12,15)(H,13,16)/t9-,11-/m1/s1. The molecule has 1 saturated carbocycles. The molecule has 1 saturated heterocycles. The maximum atomic E-state index is 12.1. The van der Waals surface area contributed by atoms with E-state index in [-0.39, 0.29) is 5.92 Å². The molecule has 0 spiro atoms. The minimum Gasteiger partial charge on any atom is -0.344 e. The summed E-state index contributed by atoms with van der Waals surface area (Å²) in [7, 11) is -3.81. The van der Waals surface area contributed by atoms with Gasteiger partial charge in [-0.1, -0.05) is 6.08 Å². The lowest BCUT2D eigenvalue weighted by atomic mass is 10.2. The van der Waals surface area contributed by atoms with Gasteiger partial charge < -0.3 is 5.32 Å². The van der Waals surface area contributed by atoms with Gasteiger partial charge in [-0.05, 0) is 19.3 Å². The third-order valence-corrected chi connectivity index (χ3v) is 5.14. The Labute approximate surface area is 112 Å². The number of hydrogen-bond acceptors (Lipinski definition) is 4. The third-order valence-electron chi connectivity index (χ3n) is 3.65. The van der Waals surface area contributed by atoms with Crippen molar-refractivity contribution >= 4 is 22.5 Å². The van der Waals surface area contributed by atoms with E-state index in [2.05, 4.69) is 11.9 Å². The quantitative estimate of drug-likeness (QED) is 0.490. The van der Waals surface area contributed by atoms with Crippen LogP contribution in [-0.4, -0.2) is 43.7 Å². The van der Waals surface area contributed by atoms with Crippen molar-refractivity contribution in [1.29, 1.82) is 0 Å². The molecule has 2 amide bonds. The first-order chi connectivity index (χ1) is 8.96. The molecule has 1 aliphatic heterocycles. The number of hydrogen-bond donors (Lipinski definition) is 2. The second-order valence-corrected chi connectivity index (χ2v) is 6.49. The monoisotopic (exact) mass is 287 g/mol. The van der Waals surface area contributed by atoms with E-state index in [9.17, 15) is 18.0 Å². The van der Waals surface area contributed by atoms with Gasteiger partial charge in [-0.2, -0.15) is 12.7 Å². The van der Waals surface area contributed by atoms with Crippen molar-refractivity contribution < 1.29 is 18.0 Å². The second-order valence-electron chi connectivity index (χ2n) is 4.82. The lowest BCUT2D eigenvalue weighted by molar-refractivity contribution is -0.125. The maximum absolute atomic E-state index is 12.1. The summed E-state index contributed by atoms with van der Waals surface area (Å²) in [6, 6.07) is 0.